The number of benzene rings is 1. The van der Waals surface area contributed by atoms with Crippen LogP contribution in [0.3, 0.4) is 0 Å². The summed E-state index contributed by atoms with van der Waals surface area (Å²) in [5, 5.41) is 0. The first-order chi connectivity index (χ1) is 8.11. The standard InChI is InChI=1S/C14H24N2S/c1-5-13(11-15(2)3)12-16(4)17-14-9-7-6-8-10-14/h6-10,13H,5,11-12H2,1-4H3. The van der Waals surface area contributed by atoms with E-state index < -0.39 is 0 Å². The van der Waals surface area contributed by atoms with Gasteiger partial charge in [0.25, 0.3) is 0 Å². The van der Waals surface area contributed by atoms with Gasteiger partial charge in [-0.1, -0.05) is 31.5 Å². The summed E-state index contributed by atoms with van der Waals surface area (Å²) in [7, 11) is 6.47. The van der Waals surface area contributed by atoms with Gasteiger partial charge in [-0.15, -0.1) is 0 Å². The van der Waals surface area contributed by atoms with Crippen molar-refractivity contribution in [2.75, 3.05) is 34.2 Å². The van der Waals surface area contributed by atoms with Crippen molar-refractivity contribution in [2.24, 2.45) is 5.92 Å². The van der Waals surface area contributed by atoms with E-state index in [9.17, 15) is 0 Å². The summed E-state index contributed by atoms with van der Waals surface area (Å²) in [6.45, 7) is 4.57. The molecule has 0 saturated heterocycles. The normalized spacial score (nSPS) is 13.3. The molecule has 0 N–H and O–H groups in total. The zero-order chi connectivity index (χ0) is 12.7. The first-order valence-corrected chi connectivity index (χ1v) is 6.98. The highest BCUT2D eigenvalue weighted by atomic mass is 32.2. The molecule has 1 unspecified atom stereocenters. The molecule has 0 radical (unpaired) electrons. The molecular formula is C14H24N2S. The highest BCUT2D eigenvalue weighted by Gasteiger charge is 2.11. The van der Waals surface area contributed by atoms with Crippen LogP contribution in [-0.2, 0) is 0 Å². The molecule has 17 heavy (non-hydrogen) atoms. The number of nitrogens with zero attached hydrogens (tertiary/aromatic N) is 2. The predicted octanol–water partition coefficient (Wildman–Crippen LogP) is 3.21. The predicted molar refractivity (Wildman–Crippen MR) is 77.3 cm³/mol. The van der Waals surface area contributed by atoms with Crippen LogP contribution in [0.15, 0.2) is 35.2 Å². The Morgan fingerprint density at radius 3 is 2.24 bits per heavy atom. The number of hydrogen-bond donors (Lipinski definition) is 0. The first-order valence-electron chi connectivity index (χ1n) is 6.20. The van der Waals surface area contributed by atoms with Crippen molar-refractivity contribution in [1.29, 1.82) is 0 Å². The molecule has 3 heteroatoms. The van der Waals surface area contributed by atoms with E-state index in [1.165, 1.54) is 11.3 Å². The Bertz CT molecular complexity index is 300. The van der Waals surface area contributed by atoms with Crippen molar-refractivity contribution in [2.45, 2.75) is 18.2 Å². The summed E-state index contributed by atoms with van der Waals surface area (Å²) in [4.78, 5) is 3.59. The molecule has 0 aliphatic heterocycles. The zero-order valence-electron chi connectivity index (χ0n) is 11.4. The fraction of sp³-hybridized carbons (Fsp3) is 0.571. The zero-order valence-corrected chi connectivity index (χ0v) is 12.2. The second-order valence-electron chi connectivity index (χ2n) is 4.75. The molecule has 0 heterocycles. The van der Waals surface area contributed by atoms with E-state index in [1.54, 1.807) is 0 Å². The van der Waals surface area contributed by atoms with Crippen molar-refractivity contribution in [3.63, 3.8) is 0 Å². The van der Waals surface area contributed by atoms with Gasteiger partial charge in [0.05, 0.1) is 0 Å². The topological polar surface area (TPSA) is 6.48 Å². The molecule has 1 atom stereocenters. The molecule has 0 amide bonds. The largest absolute Gasteiger partial charge is 0.309 e. The van der Waals surface area contributed by atoms with Crippen LogP contribution < -0.4 is 0 Å². The third-order valence-corrected chi connectivity index (χ3v) is 3.66. The van der Waals surface area contributed by atoms with Crippen LogP contribution in [-0.4, -0.2) is 43.4 Å². The molecule has 0 fully saturated rings. The molecule has 0 aromatic heterocycles. The lowest BCUT2D eigenvalue weighted by atomic mass is 10.1. The van der Waals surface area contributed by atoms with Gasteiger partial charge in [0, 0.05) is 18.0 Å². The third kappa shape index (κ3) is 6.10. The van der Waals surface area contributed by atoms with E-state index >= 15 is 0 Å². The molecule has 1 aromatic carbocycles. The fourth-order valence-corrected chi connectivity index (χ4v) is 2.82. The van der Waals surface area contributed by atoms with E-state index in [2.05, 4.69) is 67.6 Å². The molecule has 1 aromatic rings. The highest BCUT2D eigenvalue weighted by molar-refractivity contribution is 7.97. The van der Waals surface area contributed by atoms with Crippen LogP contribution in [0.2, 0.25) is 0 Å². The van der Waals surface area contributed by atoms with Crippen LogP contribution >= 0.6 is 11.9 Å². The molecule has 0 aliphatic carbocycles. The highest BCUT2D eigenvalue weighted by Crippen LogP contribution is 2.22. The monoisotopic (exact) mass is 252 g/mol. The molecule has 1 rings (SSSR count). The van der Waals surface area contributed by atoms with E-state index in [4.69, 9.17) is 0 Å². The van der Waals surface area contributed by atoms with Gasteiger partial charge >= 0.3 is 0 Å². The van der Waals surface area contributed by atoms with Crippen molar-refractivity contribution in [3.05, 3.63) is 30.3 Å². The van der Waals surface area contributed by atoms with Crippen molar-refractivity contribution < 1.29 is 0 Å². The number of rotatable bonds is 7. The Morgan fingerprint density at radius 2 is 1.71 bits per heavy atom. The molecular weight excluding hydrogens is 228 g/mol. The summed E-state index contributed by atoms with van der Waals surface area (Å²) in [5.74, 6) is 0.742. The Morgan fingerprint density at radius 1 is 1.06 bits per heavy atom. The average molecular weight is 252 g/mol. The minimum atomic E-state index is 0.742. The third-order valence-electron chi connectivity index (χ3n) is 2.72. The molecule has 0 bridgehead atoms. The van der Waals surface area contributed by atoms with Crippen LogP contribution in [0.5, 0.6) is 0 Å². The summed E-state index contributed by atoms with van der Waals surface area (Å²) >= 11 is 1.83. The van der Waals surface area contributed by atoms with Gasteiger partial charge in [0.2, 0.25) is 0 Å². The fourth-order valence-electron chi connectivity index (χ4n) is 1.89. The Kier molecular flexibility index (Phi) is 6.63. The van der Waals surface area contributed by atoms with Gasteiger partial charge in [-0.3, -0.25) is 0 Å². The summed E-state index contributed by atoms with van der Waals surface area (Å²) < 4.78 is 2.34. The van der Waals surface area contributed by atoms with Crippen LogP contribution in [0.25, 0.3) is 0 Å². The second-order valence-corrected chi connectivity index (χ2v) is 6.03. The Balaban J connectivity index is 2.40. The summed E-state index contributed by atoms with van der Waals surface area (Å²) in [5.41, 5.74) is 0. The summed E-state index contributed by atoms with van der Waals surface area (Å²) in [6, 6.07) is 10.6. The van der Waals surface area contributed by atoms with E-state index in [0.29, 0.717) is 0 Å². The maximum Gasteiger partial charge on any atom is 0.0230 e. The Labute approximate surface area is 110 Å². The Hall–Kier alpha value is -0.510. The smallest absolute Gasteiger partial charge is 0.0230 e. The van der Waals surface area contributed by atoms with Crippen molar-refractivity contribution >= 4 is 11.9 Å². The minimum absolute atomic E-state index is 0.742. The summed E-state index contributed by atoms with van der Waals surface area (Å²) in [6.07, 6.45) is 1.23. The van der Waals surface area contributed by atoms with Gasteiger partial charge in [-0.05, 0) is 51.1 Å². The van der Waals surface area contributed by atoms with E-state index in [1.807, 2.05) is 11.9 Å². The van der Waals surface area contributed by atoms with Crippen LogP contribution in [0, 0.1) is 5.92 Å². The van der Waals surface area contributed by atoms with Gasteiger partial charge in [0.15, 0.2) is 0 Å². The average Bonchev–Trinajstić information content (AvgIpc) is 2.28. The van der Waals surface area contributed by atoms with E-state index in [0.717, 1.165) is 19.0 Å². The van der Waals surface area contributed by atoms with Gasteiger partial charge in [0.1, 0.15) is 0 Å². The molecule has 96 valence electrons. The molecule has 0 saturated carbocycles. The maximum atomic E-state index is 2.34. The van der Waals surface area contributed by atoms with Gasteiger partial charge in [-0.2, -0.15) is 0 Å². The van der Waals surface area contributed by atoms with Crippen molar-refractivity contribution in [3.8, 4) is 0 Å². The maximum absolute atomic E-state index is 2.34. The molecule has 0 aliphatic rings. The lowest BCUT2D eigenvalue weighted by Gasteiger charge is -2.24. The first kappa shape index (κ1) is 14.6. The quantitative estimate of drug-likeness (QED) is 0.688. The van der Waals surface area contributed by atoms with Crippen molar-refractivity contribution in [1.82, 2.24) is 9.21 Å². The lowest BCUT2D eigenvalue weighted by Crippen LogP contribution is -2.28. The SMILES string of the molecule is CCC(CN(C)C)CN(C)Sc1ccccc1. The van der Waals surface area contributed by atoms with Gasteiger partial charge in [-0.25, -0.2) is 4.31 Å². The van der Waals surface area contributed by atoms with Crippen LogP contribution in [0.1, 0.15) is 13.3 Å². The van der Waals surface area contributed by atoms with E-state index in [-0.39, 0.29) is 0 Å². The van der Waals surface area contributed by atoms with Gasteiger partial charge < -0.3 is 4.90 Å². The van der Waals surface area contributed by atoms with Crippen LogP contribution in [0.4, 0.5) is 0 Å². The number of hydrogen-bond acceptors (Lipinski definition) is 3. The second kappa shape index (κ2) is 7.75. The molecule has 0 spiro atoms. The minimum Gasteiger partial charge on any atom is -0.309 e. The molecule has 2 nitrogen and oxygen atoms in total. The lowest BCUT2D eigenvalue weighted by molar-refractivity contribution is 0.288.